The van der Waals surface area contributed by atoms with E-state index < -0.39 is 0 Å². The lowest BCUT2D eigenvalue weighted by molar-refractivity contribution is -0.111. The predicted molar refractivity (Wildman–Crippen MR) is 160 cm³/mol. The summed E-state index contributed by atoms with van der Waals surface area (Å²) in [5.74, 6) is 0.176. The summed E-state index contributed by atoms with van der Waals surface area (Å²) >= 11 is 0. The normalized spacial score (nSPS) is 14.6. The molecule has 1 unspecified atom stereocenters. The van der Waals surface area contributed by atoms with Crippen molar-refractivity contribution in [3.05, 3.63) is 85.1 Å². The van der Waals surface area contributed by atoms with Crippen LogP contribution in [-0.4, -0.2) is 69.8 Å². The number of fused-ring (bicyclic) bond motifs is 1. The number of aliphatic hydroxyl groups excluding tert-OH is 2. The standard InChI is InChI=1S/C31H34N6O3/c1-3-29(40)33-25-8-4-6-22(16-25)27-9-5-7-23-18-32-31(35-30(23)27)34-26-10-11-28(24(17-26)20-38)37-14-12-36(13-15-37)19-21(2)39/h3-11,16-18,21,38-39H,1,12-15,19-20H2,2H3,(H,33,40)(H,32,34,35). The van der Waals surface area contributed by atoms with E-state index in [1.54, 1.807) is 6.20 Å². The average molecular weight is 539 g/mol. The molecule has 3 aromatic carbocycles. The first kappa shape index (κ1) is 27.3. The van der Waals surface area contributed by atoms with E-state index in [0.717, 1.165) is 65.1 Å². The fraction of sp³-hybridized carbons (Fsp3) is 0.258. The molecule has 1 fully saturated rings. The van der Waals surface area contributed by atoms with Gasteiger partial charge in [0, 0.05) is 72.5 Å². The Morgan fingerprint density at radius 3 is 2.62 bits per heavy atom. The summed E-state index contributed by atoms with van der Waals surface area (Å²) in [6.45, 7) is 9.32. The topological polar surface area (TPSA) is 114 Å². The number of para-hydroxylation sites is 1. The van der Waals surface area contributed by atoms with Crippen molar-refractivity contribution >= 4 is 39.8 Å². The minimum Gasteiger partial charge on any atom is -0.392 e. The molecule has 9 nitrogen and oxygen atoms in total. The van der Waals surface area contributed by atoms with E-state index in [2.05, 4.69) is 32.0 Å². The SMILES string of the molecule is C=CC(=O)Nc1cccc(-c2cccc3cnc(Nc4ccc(N5CCN(CC(C)O)CC5)c(CO)c4)nc23)c1. The first-order chi connectivity index (χ1) is 19.4. The van der Waals surface area contributed by atoms with Crippen molar-refractivity contribution in [2.45, 2.75) is 19.6 Å². The summed E-state index contributed by atoms with van der Waals surface area (Å²) < 4.78 is 0. The van der Waals surface area contributed by atoms with Crippen LogP contribution in [0.5, 0.6) is 0 Å². The van der Waals surface area contributed by atoms with E-state index in [0.29, 0.717) is 18.2 Å². The number of carbonyl (C=O) groups excluding carboxylic acids is 1. The monoisotopic (exact) mass is 538 g/mol. The Hall–Kier alpha value is -4.31. The van der Waals surface area contributed by atoms with Gasteiger partial charge in [-0.1, -0.05) is 36.9 Å². The third-order valence-electron chi connectivity index (χ3n) is 6.98. The number of piperazine rings is 1. The van der Waals surface area contributed by atoms with Crippen molar-refractivity contribution in [3.63, 3.8) is 0 Å². The number of β-amino-alcohol motifs (C(OH)–C–C–N with tert-alkyl or cyclic N) is 1. The van der Waals surface area contributed by atoms with Gasteiger partial charge in [0.05, 0.1) is 18.2 Å². The van der Waals surface area contributed by atoms with Crippen LogP contribution in [0, 0.1) is 0 Å². The second-order valence-corrected chi connectivity index (χ2v) is 9.97. The molecule has 1 aliphatic heterocycles. The molecular weight excluding hydrogens is 504 g/mol. The molecule has 0 aliphatic carbocycles. The number of aliphatic hydroxyl groups is 2. The zero-order chi connectivity index (χ0) is 28.1. The number of benzene rings is 3. The third kappa shape index (κ3) is 6.28. The van der Waals surface area contributed by atoms with Crippen molar-refractivity contribution in [2.75, 3.05) is 48.3 Å². The van der Waals surface area contributed by atoms with Gasteiger partial charge in [-0.25, -0.2) is 9.97 Å². The molecule has 0 bridgehead atoms. The lowest BCUT2D eigenvalue weighted by atomic mass is 10.0. The number of nitrogens with zero attached hydrogens (tertiary/aromatic N) is 4. The Morgan fingerprint density at radius 2 is 1.88 bits per heavy atom. The minimum atomic E-state index is -0.339. The van der Waals surface area contributed by atoms with Gasteiger partial charge >= 0.3 is 0 Å². The zero-order valence-electron chi connectivity index (χ0n) is 22.5. The lowest BCUT2D eigenvalue weighted by Gasteiger charge is -2.37. The van der Waals surface area contributed by atoms with Gasteiger partial charge in [-0.15, -0.1) is 0 Å². The van der Waals surface area contributed by atoms with Crippen LogP contribution < -0.4 is 15.5 Å². The van der Waals surface area contributed by atoms with E-state index in [1.165, 1.54) is 6.08 Å². The molecule has 40 heavy (non-hydrogen) atoms. The summed E-state index contributed by atoms with van der Waals surface area (Å²) in [5.41, 5.74) is 5.90. The molecule has 1 saturated heterocycles. The van der Waals surface area contributed by atoms with Gasteiger partial charge in [-0.05, 0) is 48.9 Å². The van der Waals surface area contributed by atoms with Crippen LogP contribution in [0.4, 0.5) is 23.0 Å². The highest BCUT2D eigenvalue weighted by atomic mass is 16.3. The van der Waals surface area contributed by atoms with Gasteiger partial charge in [-0.2, -0.15) is 0 Å². The zero-order valence-corrected chi connectivity index (χ0v) is 22.5. The van der Waals surface area contributed by atoms with Crippen LogP contribution in [0.1, 0.15) is 12.5 Å². The Bertz CT molecular complexity index is 1510. The number of nitrogens with one attached hydrogen (secondary N) is 2. The average Bonchev–Trinajstić information content (AvgIpc) is 2.97. The number of anilines is 4. The number of rotatable bonds is 9. The molecule has 4 aromatic rings. The van der Waals surface area contributed by atoms with Crippen LogP contribution in [0.2, 0.25) is 0 Å². The quantitative estimate of drug-likeness (QED) is 0.235. The maximum absolute atomic E-state index is 11.8. The number of carbonyl (C=O) groups is 1. The molecule has 4 N–H and O–H groups in total. The highest BCUT2D eigenvalue weighted by Crippen LogP contribution is 2.31. The number of aromatic nitrogens is 2. The van der Waals surface area contributed by atoms with Gasteiger partial charge in [0.25, 0.3) is 0 Å². The Labute approximate surface area is 233 Å². The molecule has 0 spiro atoms. The molecule has 0 saturated carbocycles. The summed E-state index contributed by atoms with van der Waals surface area (Å²) in [6, 6.07) is 19.4. The highest BCUT2D eigenvalue weighted by molar-refractivity contribution is 6.00. The van der Waals surface area contributed by atoms with Crippen LogP contribution in [-0.2, 0) is 11.4 Å². The van der Waals surface area contributed by atoms with Gasteiger partial charge in [0.15, 0.2) is 0 Å². The van der Waals surface area contributed by atoms with E-state index in [9.17, 15) is 15.0 Å². The molecular formula is C31H34N6O3. The Morgan fingerprint density at radius 1 is 1.07 bits per heavy atom. The molecule has 1 aromatic heterocycles. The van der Waals surface area contributed by atoms with E-state index in [-0.39, 0.29) is 18.6 Å². The molecule has 1 aliphatic rings. The smallest absolute Gasteiger partial charge is 0.247 e. The first-order valence-corrected chi connectivity index (χ1v) is 13.4. The highest BCUT2D eigenvalue weighted by Gasteiger charge is 2.20. The third-order valence-corrected chi connectivity index (χ3v) is 6.98. The largest absolute Gasteiger partial charge is 0.392 e. The summed E-state index contributed by atoms with van der Waals surface area (Å²) in [4.78, 5) is 25.7. The number of hydrogen-bond acceptors (Lipinski definition) is 8. The lowest BCUT2D eigenvalue weighted by Crippen LogP contribution is -2.48. The first-order valence-electron chi connectivity index (χ1n) is 13.4. The summed E-state index contributed by atoms with van der Waals surface area (Å²) in [6.07, 6.45) is 2.68. The van der Waals surface area contributed by atoms with Crippen LogP contribution in [0.25, 0.3) is 22.0 Å². The van der Waals surface area contributed by atoms with Crippen molar-refractivity contribution in [1.29, 1.82) is 0 Å². The predicted octanol–water partition coefficient (Wildman–Crippen LogP) is 4.16. The second kappa shape index (κ2) is 12.3. The van der Waals surface area contributed by atoms with Crippen molar-refractivity contribution < 1.29 is 15.0 Å². The molecule has 5 rings (SSSR count). The fourth-order valence-electron chi connectivity index (χ4n) is 5.08. The number of amides is 1. The van der Waals surface area contributed by atoms with Crippen LogP contribution >= 0.6 is 0 Å². The number of hydrogen-bond donors (Lipinski definition) is 4. The maximum Gasteiger partial charge on any atom is 0.247 e. The van der Waals surface area contributed by atoms with Crippen LogP contribution in [0.15, 0.2) is 79.5 Å². The maximum atomic E-state index is 11.8. The molecule has 0 radical (unpaired) electrons. The fourth-order valence-corrected chi connectivity index (χ4v) is 5.08. The molecule has 9 heteroatoms. The van der Waals surface area contributed by atoms with Gasteiger partial charge in [-0.3, -0.25) is 9.69 Å². The summed E-state index contributed by atoms with van der Waals surface area (Å²) in [5, 5.41) is 26.8. The summed E-state index contributed by atoms with van der Waals surface area (Å²) in [7, 11) is 0. The van der Waals surface area contributed by atoms with Gasteiger partial charge in [0.1, 0.15) is 0 Å². The van der Waals surface area contributed by atoms with Crippen molar-refractivity contribution in [2.24, 2.45) is 0 Å². The Balaban J connectivity index is 1.37. The molecule has 1 atom stereocenters. The van der Waals surface area contributed by atoms with Gasteiger partial charge in [0.2, 0.25) is 11.9 Å². The molecule has 1 amide bonds. The van der Waals surface area contributed by atoms with E-state index in [4.69, 9.17) is 4.98 Å². The van der Waals surface area contributed by atoms with Crippen molar-refractivity contribution in [3.8, 4) is 11.1 Å². The Kier molecular flexibility index (Phi) is 8.35. The minimum absolute atomic E-state index is 0.0831. The van der Waals surface area contributed by atoms with E-state index in [1.807, 2.05) is 67.6 Å². The van der Waals surface area contributed by atoms with Crippen molar-refractivity contribution in [1.82, 2.24) is 14.9 Å². The van der Waals surface area contributed by atoms with E-state index >= 15 is 0 Å². The molecule has 2 heterocycles. The second-order valence-electron chi connectivity index (χ2n) is 9.97. The van der Waals surface area contributed by atoms with Gasteiger partial charge < -0.3 is 25.7 Å². The molecule has 206 valence electrons. The van der Waals surface area contributed by atoms with Crippen LogP contribution in [0.3, 0.4) is 0 Å².